The molecule has 0 aromatic rings. The lowest BCUT2D eigenvalue weighted by Gasteiger charge is -2.24. The topological polar surface area (TPSA) is 84.5 Å². The van der Waals surface area contributed by atoms with Crippen LogP contribution in [0.5, 0.6) is 0 Å². The third-order valence-corrected chi connectivity index (χ3v) is 3.09. The van der Waals surface area contributed by atoms with Gasteiger partial charge >= 0.3 is 5.97 Å². The Morgan fingerprint density at radius 2 is 1.84 bits per heavy atom. The summed E-state index contributed by atoms with van der Waals surface area (Å²) in [5.41, 5.74) is -0.876. The van der Waals surface area contributed by atoms with Crippen LogP contribution in [0.1, 0.15) is 40.5 Å². The maximum absolute atomic E-state index is 12.2. The number of carbonyl (C=O) groups excluding carboxylic acids is 3. The van der Waals surface area contributed by atoms with Crippen molar-refractivity contribution in [1.82, 2.24) is 10.6 Å². The van der Waals surface area contributed by atoms with E-state index < -0.39 is 17.6 Å². The Morgan fingerprint density at radius 1 is 1.26 bits per heavy atom. The standard InChI is InChI=1S/C13H22N2O4/c1-5-19-12(18)13(6-7-13)15-11(17)10(8(2)3)14-9(4)16/h8,10H,5-7H2,1-4H3,(H,14,16)(H,15,17)/t10-/m0/s1. The molecule has 0 aromatic carbocycles. The highest BCUT2D eigenvalue weighted by Crippen LogP contribution is 2.36. The van der Waals surface area contributed by atoms with Gasteiger partial charge < -0.3 is 15.4 Å². The van der Waals surface area contributed by atoms with E-state index in [1.807, 2.05) is 13.8 Å². The van der Waals surface area contributed by atoms with Gasteiger partial charge in [-0.15, -0.1) is 0 Å². The van der Waals surface area contributed by atoms with Gasteiger partial charge in [-0.3, -0.25) is 9.59 Å². The lowest BCUT2D eigenvalue weighted by atomic mass is 10.0. The molecule has 0 unspecified atom stereocenters. The van der Waals surface area contributed by atoms with Crippen LogP contribution in [0.25, 0.3) is 0 Å². The zero-order valence-corrected chi connectivity index (χ0v) is 11.9. The normalized spacial score (nSPS) is 17.5. The minimum atomic E-state index is -0.876. The van der Waals surface area contributed by atoms with E-state index in [2.05, 4.69) is 10.6 Å². The van der Waals surface area contributed by atoms with E-state index >= 15 is 0 Å². The van der Waals surface area contributed by atoms with E-state index in [9.17, 15) is 14.4 Å². The van der Waals surface area contributed by atoms with Crippen LogP contribution in [0.15, 0.2) is 0 Å². The summed E-state index contributed by atoms with van der Waals surface area (Å²) in [7, 11) is 0. The molecular formula is C13H22N2O4. The minimum Gasteiger partial charge on any atom is -0.464 e. The van der Waals surface area contributed by atoms with Gasteiger partial charge in [0, 0.05) is 6.92 Å². The molecule has 0 heterocycles. The van der Waals surface area contributed by atoms with Gasteiger partial charge in [0.05, 0.1) is 6.61 Å². The van der Waals surface area contributed by atoms with Crippen molar-refractivity contribution in [3.8, 4) is 0 Å². The second-order valence-corrected chi connectivity index (χ2v) is 5.21. The van der Waals surface area contributed by atoms with Gasteiger partial charge in [0.15, 0.2) is 0 Å². The SMILES string of the molecule is CCOC(=O)C1(NC(=O)[C@@H](NC(C)=O)C(C)C)CC1. The van der Waals surface area contributed by atoms with Crippen LogP contribution in [0.2, 0.25) is 0 Å². The van der Waals surface area contributed by atoms with Crippen molar-refractivity contribution in [2.24, 2.45) is 5.92 Å². The lowest BCUT2D eigenvalue weighted by Crippen LogP contribution is -2.54. The third-order valence-electron chi connectivity index (χ3n) is 3.09. The predicted octanol–water partition coefficient (Wildman–Crippen LogP) is 0.359. The van der Waals surface area contributed by atoms with Crippen molar-refractivity contribution < 1.29 is 19.1 Å². The zero-order chi connectivity index (χ0) is 14.6. The van der Waals surface area contributed by atoms with Crippen molar-refractivity contribution in [3.05, 3.63) is 0 Å². The highest BCUT2D eigenvalue weighted by atomic mass is 16.5. The summed E-state index contributed by atoms with van der Waals surface area (Å²) in [6.45, 7) is 7.05. The fourth-order valence-electron chi connectivity index (χ4n) is 1.84. The highest BCUT2D eigenvalue weighted by molar-refractivity contribution is 5.94. The molecule has 0 radical (unpaired) electrons. The third kappa shape index (κ3) is 3.94. The van der Waals surface area contributed by atoms with Gasteiger partial charge in [-0.2, -0.15) is 0 Å². The average Bonchev–Trinajstić information content (AvgIpc) is 3.06. The molecule has 0 spiro atoms. The van der Waals surface area contributed by atoms with E-state index in [1.165, 1.54) is 6.92 Å². The van der Waals surface area contributed by atoms with Crippen LogP contribution in [0.3, 0.4) is 0 Å². The van der Waals surface area contributed by atoms with Crippen molar-refractivity contribution in [3.63, 3.8) is 0 Å². The van der Waals surface area contributed by atoms with Crippen LogP contribution in [-0.4, -0.2) is 36.0 Å². The van der Waals surface area contributed by atoms with Crippen LogP contribution in [0, 0.1) is 5.92 Å². The molecule has 1 fully saturated rings. The minimum absolute atomic E-state index is 0.0538. The molecule has 6 heteroatoms. The van der Waals surface area contributed by atoms with Gasteiger partial charge in [-0.1, -0.05) is 13.8 Å². The molecule has 1 aliphatic rings. The smallest absolute Gasteiger partial charge is 0.331 e. The van der Waals surface area contributed by atoms with Gasteiger partial charge in [0.1, 0.15) is 11.6 Å². The van der Waals surface area contributed by atoms with E-state index in [1.54, 1.807) is 6.92 Å². The van der Waals surface area contributed by atoms with Gasteiger partial charge in [-0.25, -0.2) is 4.79 Å². The quantitative estimate of drug-likeness (QED) is 0.682. The summed E-state index contributed by atoms with van der Waals surface area (Å²) < 4.78 is 4.95. The molecule has 1 saturated carbocycles. The molecule has 0 bridgehead atoms. The van der Waals surface area contributed by atoms with Crippen LogP contribution in [-0.2, 0) is 19.1 Å². The number of ether oxygens (including phenoxy) is 1. The first-order valence-electron chi connectivity index (χ1n) is 6.58. The first kappa shape index (κ1) is 15.5. The summed E-state index contributed by atoms with van der Waals surface area (Å²) in [6, 6.07) is -0.635. The summed E-state index contributed by atoms with van der Waals surface area (Å²) >= 11 is 0. The number of esters is 1. The number of hydrogen-bond donors (Lipinski definition) is 2. The van der Waals surface area contributed by atoms with Gasteiger partial charge in [0.2, 0.25) is 11.8 Å². The first-order chi connectivity index (χ1) is 8.82. The van der Waals surface area contributed by atoms with Crippen LogP contribution in [0.4, 0.5) is 0 Å². The van der Waals surface area contributed by atoms with Crippen molar-refractivity contribution in [2.75, 3.05) is 6.61 Å². The fourth-order valence-corrected chi connectivity index (χ4v) is 1.84. The molecule has 0 aromatic heterocycles. The van der Waals surface area contributed by atoms with E-state index in [-0.39, 0.29) is 24.3 Å². The molecule has 1 aliphatic carbocycles. The van der Waals surface area contributed by atoms with E-state index in [4.69, 9.17) is 4.74 Å². The largest absolute Gasteiger partial charge is 0.464 e. The van der Waals surface area contributed by atoms with Crippen molar-refractivity contribution in [1.29, 1.82) is 0 Å². The number of carbonyl (C=O) groups is 3. The van der Waals surface area contributed by atoms with E-state index in [0.29, 0.717) is 12.8 Å². The summed E-state index contributed by atoms with van der Waals surface area (Å²) in [6.07, 6.45) is 1.17. The second-order valence-electron chi connectivity index (χ2n) is 5.21. The summed E-state index contributed by atoms with van der Waals surface area (Å²) in [5, 5.41) is 5.31. The molecule has 19 heavy (non-hydrogen) atoms. The van der Waals surface area contributed by atoms with Gasteiger partial charge in [-0.05, 0) is 25.7 Å². The average molecular weight is 270 g/mol. The molecular weight excluding hydrogens is 248 g/mol. The molecule has 1 atom stereocenters. The number of hydrogen-bond acceptors (Lipinski definition) is 4. The van der Waals surface area contributed by atoms with E-state index in [0.717, 1.165) is 0 Å². The molecule has 2 amide bonds. The lowest BCUT2D eigenvalue weighted by molar-refractivity contribution is -0.149. The Bertz CT molecular complexity index is 375. The van der Waals surface area contributed by atoms with Crippen molar-refractivity contribution >= 4 is 17.8 Å². The summed E-state index contributed by atoms with van der Waals surface area (Å²) in [4.78, 5) is 35.0. The van der Waals surface area contributed by atoms with Crippen LogP contribution < -0.4 is 10.6 Å². The Kier molecular flexibility index (Phi) is 4.91. The second kappa shape index (κ2) is 6.04. The highest BCUT2D eigenvalue weighted by Gasteiger charge is 2.53. The Hall–Kier alpha value is -1.59. The maximum atomic E-state index is 12.2. The summed E-state index contributed by atoms with van der Waals surface area (Å²) in [5.74, 6) is -1.05. The zero-order valence-electron chi connectivity index (χ0n) is 11.9. The predicted molar refractivity (Wildman–Crippen MR) is 69.2 cm³/mol. The molecule has 0 aliphatic heterocycles. The molecule has 2 N–H and O–H groups in total. The molecule has 6 nitrogen and oxygen atoms in total. The van der Waals surface area contributed by atoms with Crippen molar-refractivity contribution in [2.45, 2.75) is 52.1 Å². The van der Waals surface area contributed by atoms with Crippen LogP contribution >= 0.6 is 0 Å². The first-order valence-corrected chi connectivity index (χ1v) is 6.58. The molecule has 0 saturated heterocycles. The fraction of sp³-hybridized carbons (Fsp3) is 0.769. The van der Waals surface area contributed by atoms with Gasteiger partial charge in [0.25, 0.3) is 0 Å². The number of nitrogens with one attached hydrogen (secondary N) is 2. The monoisotopic (exact) mass is 270 g/mol. The Balaban J connectivity index is 2.66. The number of rotatable bonds is 6. The number of amides is 2. The Labute approximate surface area is 113 Å². The molecule has 108 valence electrons. The molecule has 1 rings (SSSR count). The Morgan fingerprint density at radius 3 is 2.21 bits per heavy atom. The maximum Gasteiger partial charge on any atom is 0.331 e.